The fraction of sp³-hybridized carbons (Fsp3) is 0.464. The molecule has 0 radical (unpaired) electrons. The number of carbonyl (C=O) groups is 3. The van der Waals surface area contributed by atoms with Crippen molar-refractivity contribution in [3.05, 3.63) is 64.2 Å². The summed E-state index contributed by atoms with van der Waals surface area (Å²) in [5.41, 5.74) is 2.25. The van der Waals surface area contributed by atoms with E-state index >= 15 is 0 Å². The molecule has 3 amide bonds. The molecule has 0 fully saturated rings. The van der Waals surface area contributed by atoms with Gasteiger partial charge in [0, 0.05) is 7.05 Å². The molecule has 2 aromatic rings. The van der Waals surface area contributed by atoms with Crippen LogP contribution in [0.25, 0.3) is 0 Å². The van der Waals surface area contributed by atoms with Crippen LogP contribution in [0.4, 0.5) is 10.5 Å². The molecule has 2 N–H and O–H groups in total. The number of carbonyl (C=O) groups excluding carboxylic acids is 3. The summed E-state index contributed by atoms with van der Waals surface area (Å²) in [6, 6.07) is 10.9. The Morgan fingerprint density at radius 1 is 1.03 bits per heavy atom. The van der Waals surface area contributed by atoms with Crippen molar-refractivity contribution in [1.29, 1.82) is 0 Å². The van der Waals surface area contributed by atoms with E-state index < -0.39 is 35.6 Å². The Kier molecular flexibility index (Phi) is 9.93. The molecule has 0 heterocycles. The summed E-state index contributed by atoms with van der Waals surface area (Å²) in [6.07, 6.45) is -0.299. The molecule has 0 saturated carbocycles. The van der Waals surface area contributed by atoms with Gasteiger partial charge in [0.2, 0.25) is 5.91 Å². The second kappa shape index (κ2) is 12.3. The summed E-state index contributed by atoms with van der Waals surface area (Å²) < 4.78 is 5.38. The van der Waals surface area contributed by atoms with E-state index in [4.69, 9.17) is 16.3 Å². The normalized spacial score (nSPS) is 13.1. The Bertz CT molecular complexity index is 1060. The molecule has 2 rings (SSSR count). The molecule has 8 heteroatoms. The van der Waals surface area contributed by atoms with Gasteiger partial charge in [0.15, 0.2) is 0 Å². The Hall–Kier alpha value is -3.06. The van der Waals surface area contributed by atoms with Gasteiger partial charge in [-0.15, -0.1) is 0 Å². The highest BCUT2D eigenvalue weighted by Crippen LogP contribution is 2.29. The SMILES string of the molecule is Cc1ccc(C(C(=O)Nc2c(C)cccc2Cl)N(C)C(=O)C(CC(C)C)NC(=O)OC(C)(C)C)cc1. The van der Waals surface area contributed by atoms with E-state index in [0.29, 0.717) is 22.7 Å². The summed E-state index contributed by atoms with van der Waals surface area (Å²) in [4.78, 5) is 41.2. The number of aryl methyl sites for hydroxylation is 2. The summed E-state index contributed by atoms with van der Waals surface area (Å²) in [5.74, 6) is -0.697. The maximum absolute atomic E-state index is 13.7. The Morgan fingerprint density at radius 2 is 1.64 bits per heavy atom. The lowest BCUT2D eigenvalue weighted by atomic mass is 9.99. The number of amides is 3. The summed E-state index contributed by atoms with van der Waals surface area (Å²) in [5, 5.41) is 6.01. The molecule has 0 aliphatic carbocycles. The molecule has 0 bridgehead atoms. The van der Waals surface area contributed by atoms with Crippen LogP contribution in [0.3, 0.4) is 0 Å². The van der Waals surface area contributed by atoms with E-state index in [-0.39, 0.29) is 5.92 Å². The van der Waals surface area contributed by atoms with Gasteiger partial charge in [0.05, 0.1) is 10.7 Å². The van der Waals surface area contributed by atoms with Crippen LogP contribution >= 0.6 is 11.6 Å². The smallest absolute Gasteiger partial charge is 0.408 e. The molecule has 2 atom stereocenters. The van der Waals surface area contributed by atoms with Gasteiger partial charge in [-0.05, 0) is 64.2 Å². The second-order valence-electron chi connectivity index (χ2n) is 10.5. The molecule has 0 saturated heterocycles. The monoisotopic (exact) mass is 515 g/mol. The second-order valence-corrected chi connectivity index (χ2v) is 10.9. The van der Waals surface area contributed by atoms with Gasteiger partial charge < -0.3 is 20.3 Å². The molecule has 196 valence electrons. The van der Waals surface area contributed by atoms with E-state index in [1.165, 1.54) is 4.90 Å². The number of rotatable bonds is 8. The van der Waals surface area contributed by atoms with Gasteiger partial charge >= 0.3 is 6.09 Å². The topological polar surface area (TPSA) is 87.7 Å². The van der Waals surface area contributed by atoms with Crippen molar-refractivity contribution in [2.45, 2.75) is 72.6 Å². The zero-order valence-corrected chi connectivity index (χ0v) is 23.2. The fourth-order valence-electron chi connectivity index (χ4n) is 3.80. The number of halogens is 1. The molecule has 2 unspecified atom stereocenters. The van der Waals surface area contributed by atoms with Gasteiger partial charge in [-0.1, -0.05) is 67.4 Å². The minimum absolute atomic E-state index is 0.111. The van der Waals surface area contributed by atoms with Crippen molar-refractivity contribution in [2.24, 2.45) is 5.92 Å². The lowest BCUT2D eigenvalue weighted by molar-refractivity contribution is -0.139. The van der Waals surface area contributed by atoms with E-state index in [0.717, 1.165) is 11.1 Å². The summed E-state index contributed by atoms with van der Waals surface area (Å²) in [6.45, 7) is 13.0. The standard InChI is InChI=1S/C28H38ClN3O4/c1-17(2)16-22(30-27(35)36-28(5,6)7)26(34)32(8)24(20-14-12-18(3)13-15-20)25(33)31-23-19(4)10-9-11-21(23)29/h9-15,17,22,24H,16H2,1-8H3,(H,30,35)(H,31,33). The van der Waals surface area contributed by atoms with Crippen molar-refractivity contribution in [2.75, 3.05) is 12.4 Å². The predicted octanol–water partition coefficient (Wildman–Crippen LogP) is 6.03. The highest BCUT2D eigenvalue weighted by molar-refractivity contribution is 6.34. The van der Waals surface area contributed by atoms with Gasteiger partial charge in [-0.2, -0.15) is 0 Å². The van der Waals surface area contributed by atoms with Crippen LogP contribution in [0.1, 0.15) is 63.8 Å². The van der Waals surface area contributed by atoms with Crippen molar-refractivity contribution in [3.8, 4) is 0 Å². The third-order valence-corrected chi connectivity index (χ3v) is 5.86. The van der Waals surface area contributed by atoms with Crippen LogP contribution in [0.15, 0.2) is 42.5 Å². The van der Waals surface area contributed by atoms with Gasteiger partial charge in [-0.3, -0.25) is 9.59 Å². The van der Waals surface area contributed by atoms with Crippen molar-refractivity contribution >= 4 is 35.2 Å². The zero-order chi connectivity index (χ0) is 27.2. The van der Waals surface area contributed by atoms with E-state index in [1.807, 2.05) is 58.0 Å². The summed E-state index contributed by atoms with van der Waals surface area (Å²) in [7, 11) is 1.57. The zero-order valence-electron chi connectivity index (χ0n) is 22.4. The molecule has 0 spiro atoms. The lowest BCUT2D eigenvalue weighted by Gasteiger charge is -2.32. The number of alkyl carbamates (subject to hydrolysis) is 1. The Morgan fingerprint density at radius 3 is 2.17 bits per heavy atom. The molecular formula is C28H38ClN3O4. The molecule has 0 aliphatic heterocycles. The molecular weight excluding hydrogens is 478 g/mol. The van der Waals surface area contributed by atoms with Crippen molar-refractivity contribution < 1.29 is 19.1 Å². The average molecular weight is 516 g/mol. The maximum atomic E-state index is 13.7. The number of para-hydroxylation sites is 1. The molecule has 36 heavy (non-hydrogen) atoms. The first-order valence-corrected chi connectivity index (χ1v) is 12.5. The maximum Gasteiger partial charge on any atom is 0.408 e. The first-order valence-electron chi connectivity index (χ1n) is 12.1. The number of likely N-dealkylation sites (N-methyl/N-ethyl adjacent to an activating group) is 1. The largest absolute Gasteiger partial charge is 0.444 e. The Balaban J connectivity index is 2.41. The number of hydrogen-bond acceptors (Lipinski definition) is 4. The van der Waals surface area contributed by atoms with Crippen LogP contribution in [-0.4, -0.2) is 41.5 Å². The van der Waals surface area contributed by atoms with Crippen LogP contribution in [0, 0.1) is 19.8 Å². The van der Waals surface area contributed by atoms with Crippen LogP contribution in [0.2, 0.25) is 5.02 Å². The van der Waals surface area contributed by atoms with Gasteiger partial charge in [0.1, 0.15) is 17.7 Å². The quantitative estimate of drug-likeness (QED) is 0.449. The minimum Gasteiger partial charge on any atom is -0.444 e. The van der Waals surface area contributed by atoms with Crippen LogP contribution in [0.5, 0.6) is 0 Å². The van der Waals surface area contributed by atoms with E-state index in [2.05, 4.69) is 10.6 Å². The number of nitrogens with one attached hydrogen (secondary N) is 2. The Labute approximate surface area is 219 Å². The number of ether oxygens (including phenoxy) is 1. The van der Waals surface area contributed by atoms with Gasteiger partial charge in [0.25, 0.3) is 5.91 Å². The van der Waals surface area contributed by atoms with E-state index in [9.17, 15) is 14.4 Å². The molecule has 0 aromatic heterocycles. The van der Waals surface area contributed by atoms with Gasteiger partial charge in [-0.25, -0.2) is 4.79 Å². The first-order chi connectivity index (χ1) is 16.7. The van der Waals surface area contributed by atoms with Crippen LogP contribution in [-0.2, 0) is 14.3 Å². The number of nitrogens with zero attached hydrogens (tertiary/aromatic N) is 1. The fourth-order valence-corrected chi connectivity index (χ4v) is 4.07. The third kappa shape index (κ3) is 8.26. The number of hydrogen-bond donors (Lipinski definition) is 2. The van der Waals surface area contributed by atoms with Crippen LogP contribution < -0.4 is 10.6 Å². The third-order valence-electron chi connectivity index (χ3n) is 5.54. The predicted molar refractivity (Wildman–Crippen MR) is 144 cm³/mol. The summed E-state index contributed by atoms with van der Waals surface area (Å²) >= 11 is 6.35. The lowest BCUT2D eigenvalue weighted by Crippen LogP contribution is -2.51. The number of anilines is 1. The van der Waals surface area contributed by atoms with Crippen molar-refractivity contribution in [1.82, 2.24) is 10.2 Å². The van der Waals surface area contributed by atoms with E-state index in [1.54, 1.807) is 40.0 Å². The number of benzene rings is 2. The van der Waals surface area contributed by atoms with Crippen molar-refractivity contribution in [3.63, 3.8) is 0 Å². The average Bonchev–Trinajstić information content (AvgIpc) is 2.75. The molecule has 2 aromatic carbocycles. The molecule has 0 aliphatic rings. The highest BCUT2D eigenvalue weighted by Gasteiger charge is 2.34. The minimum atomic E-state index is -0.955. The first kappa shape index (κ1) is 29.2. The highest BCUT2D eigenvalue weighted by atomic mass is 35.5. The molecule has 7 nitrogen and oxygen atoms in total.